The third kappa shape index (κ3) is 4.03. The Morgan fingerprint density at radius 3 is 2.76 bits per heavy atom. The minimum Gasteiger partial charge on any atom is -0.454 e. The fourth-order valence-corrected chi connectivity index (χ4v) is 6.35. The van der Waals surface area contributed by atoms with Crippen molar-refractivity contribution in [3.8, 4) is 22.8 Å². The van der Waals surface area contributed by atoms with Crippen LogP contribution in [0, 0.1) is 5.92 Å². The Balaban J connectivity index is 1.04. The van der Waals surface area contributed by atoms with E-state index in [2.05, 4.69) is 70.5 Å². The zero-order chi connectivity index (χ0) is 24.9. The van der Waals surface area contributed by atoms with Crippen LogP contribution in [0.5, 0.6) is 11.5 Å². The third-order valence-electron chi connectivity index (χ3n) is 8.35. The Labute approximate surface area is 216 Å². The van der Waals surface area contributed by atoms with Gasteiger partial charge in [0, 0.05) is 48.9 Å². The van der Waals surface area contributed by atoms with Crippen LogP contribution in [0.4, 0.5) is 0 Å². The molecule has 4 aromatic rings. The molecule has 3 fully saturated rings. The van der Waals surface area contributed by atoms with Crippen molar-refractivity contribution in [1.29, 1.82) is 0 Å². The summed E-state index contributed by atoms with van der Waals surface area (Å²) in [4.78, 5) is 15.4. The number of ether oxygens (including phenoxy) is 2. The van der Waals surface area contributed by atoms with E-state index in [-0.39, 0.29) is 12.7 Å². The summed E-state index contributed by atoms with van der Waals surface area (Å²) < 4.78 is 12.8. The van der Waals surface area contributed by atoms with Gasteiger partial charge >= 0.3 is 0 Å². The smallest absolute Gasteiger partial charge is 0.251 e. The van der Waals surface area contributed by atoms with Gasteiger partial charge in [-0.1, -0.05) is 36.4 Å². The van der Waals surface area contributed by atoms with Gasteiger partial charge in [-0.25, -0.2) is 0 Å². The highest BCUT2D eigenvalue weighted by Crippen LogP contribution is 2.42. The number of benzene rings is 3. The second-order valence-corrected chi connectivity index (χ2v) is 10.5. The van der Waals surface area contributed by atoms with Crippen LogP contribution in [0.15, 0.2) is 66.7 Å². The largest absolute Gasteiger partial charge is 0.454 e. The molecule has 4 atom stereocenters. The standard InChI is InChI=1S/C30H30N4O3/c1-33-27(15-26(32-33)22-7-6-19-4-2-3-5-20(19)12-22)25-17-34-11-10-21(25)13-24(34)16-31-30(35)23-8-9-28-29(14-23)37-18-36-28/h2-9,12,14-15,21,24-25H,10-11,13,16-18H2,1H3,(H,31,35)/t21?,24-,25?/m1/s1. The molecule has 188 valence electrons. The predicted molar refractivity (Wildman–Crippen MR) is 142 cm³/mol. The van der Waals surface area contributed by atoms with Crippen molar-refractivity contribution < 1.29 is 14.3 Å². The highest BCUT2D eigenvalue weighted by atomic mass is 16.7. The monoisotopic (exact) mass is 494 g/mol. The number of fused-ring (bicyclic) bond motifs is 5. The van der Waals surface area contributed by atoms with Crippen LogP contribution in [-0.4, -0.2) is 53.1 Å². The summed E-state index contributed by atoms with van der Waals surface area (Å²) in [6, 6.07) is 23.0. The molecule has 0 spiro atoms. The number of aryl methyl sites for hydroxylation is 1. The quantitative estimate of drug-likeness (QED) is 0.440. The summed E-state index contributed by atoms with van der Waals surface area (Å²) in [6.45, 7) is 2.96. The summed E-state index contributed by atoms with van der Waals surface area (Å²) in [5.41, 5.74) is 4.10. The molecule has 1 aromatic heterocycles. The van der Waals surface area contributed by atoms with Crippen molar-refractivity contribution in [2.45, 2.75) is 24.8 Å². The molecule has 1 amide bonds. The van der Waals surface area contributed by atoms with E-state index < -0.39 is 0 Å². The number of nitrogens with one attached hydrogen (secondary N) is 1. The molecule has 8 rings (SSSR count). The van der Waals surface area contributed by atoms with Crippen molar-refractivity contribution in [1.82, 2.24) is 20.0 Å². The lowest BCUT2D eigenvalue weighted by Gasteiger charge is -2.50. The second kappa shape index (κ2) is 8.92. The van der Waals surface area contributed by atoms with Gasteiger partial charge in [-0.2, -0.15) is 5.10 Å². The third-order valence-corrected chi connectivity index (χ3v) is 8.35. The van der Waals surface area contributed by atoms with Gasteiger partial charge < -0.3 is 14.8 Å². The number of carbonyl (C=O) groups excluding carboxylic acids is 1. The summed E-state index contributed by atoms with van der Waals surface area (Å²) in [5.74, 6) is 2.31. The highest BCUT2D eigenvalue weighted by molar-refractivity contribution is 5.95. The molecule has 3 unspecified atom stereocenters. The molecule has 7 heteroatoms. The van der Waals surface area contributed by atoms with Gasteiger partial charge in [-0.15, -0.1) is 0 Å². The van der Waals surface area contributed by atoms with Crippen LogP contribution in [-0.2, 0) is 7.05 Å². The van der Waals surface area contributed by atoms with E-state index >= 15 is 0 Å². The SMILES string of the molecule is Cn1nc(-c2ccc3ccccc3c2)cc1C1CN2CCC1C[C@@H]2CNC(=O)c1ccc2c(c1)OCO2. The van der Waals surface area contributed by atoms with Crippen LogP contribution in [0.1, 0.15) is 34.8 Å². The molecule has 0 radical (unpaired) electrons. The molecular formula is C30H30N4O3. The Morgan fingerprint density at radius 2 is 1.89 bits per heavy atom. The van der Waals surface area contributed by atoms with Crippen LogP contribution in [0.2, 0.25) is 0 Å². The van der Waals surface area contributed by atoms with Crippen molar-refractivity contribution in [2.24, 2.45) is 13.0 Å². The number of carbonyl (C=O) groups is 1. The average Bonchev–Trinajstić information content (AvgIpc) is 3.57. The van der Waals surface area contributed by atoms with Gasteiger partial charge in [0.25, 0.3) is 5.91 Å². The Bertz CT molecular complexity index is 1500. The molecule has 0 aliphatic carbocycles. The molecule has 0 saturated carbocycles. The van der Waals surface area contributed by atoms with E-state index in [1.807, 2.05) is 0 Å². The molecule has 3 saturated heterocycles. The van der Waals surface area contributed by atoms with Crippen LogP contribution in [0.3, 0.4) is 0 Å². The van der Waals surface area contributed by atoms with Crippen molar-refractivity contribution >= 4 is 16.7 Å². The van der Waals surface area contributed by atoms with Gasteiger partial charge in [-0.05, 0) is 66.4 Å². The normalized spacial score (nSPS) is 23.9. The number of piperidine rings is 3. The minimum absolute atomic E-state index is 0.0656. The van der Waals surface area contributed by atoms with Crippen LogP contribution in [0.25, 0.3) is 22.0 Å². The number of hydrogen-bond donors (Lipinski definition) is 1. The summed E-state index contributed by atoms with van der Waals surface area (Å²) in [7, 11) is 2.07. The summed E-state index contributed by atoms with van der Waals surface area (Å²) >= 11 is 0. The number of aromatic nitrogens is 2. The van der Waals surface area contributed by atoms with E-state index in [1.54, 1.807) is 18.2 Å². The average molecular weight is 495 g/mol. The lowest BCUT2D eigenvalue weighted by Crippen LogP contribution is -2.56. The first kappa shape index (κ1) is 22.4. The molecule has 4 aliphatic heterocycles. The summed E-state index contributed by atoms with van der Waals surface area (Å²) in [5, 5.41) is 10.5. The molecule has 1 N–H and O–H groups in total. The number of nitrogens with zero attached hydrogens (tertiary/aromatic N) is 3. The maximum atomic E-state index is 12.8. The van der Waals surface area contributed by atoms with Gasteiger partial charge in [0.2, 0.25) is 6.79 Å². The topological polar surface area (TPSA) is 68.6 Å². The Kier molecular flexibility index (Phi) is 5.39. The number of amides is 1. The van der Waals surface area contributed by atoms with Gasteiger partial charge in [0.1, 0.15) is 0 Å². The first-order valence-corrected chi connectivity index (χ1v) is 13.1. The molecule has 5 heterocycles. The van der Waals surface area contributed by atoms with E-state index in [9.17, 15) is 4.79 Å². The van der Waals surface area contributed by atoms with Crippen molar-refractivity contribution in [3.05, 3.63) is 78.0 Å². The fraction of sp³-hybridized carbons (Fsp3) is 0.333. The Hall–Kier alpha value is -3.84. The van der Waals surface area contributed by atoms with Gasteiger partial charge in [-0.3, -0.25) is 14.4 Å². The van der Waals surface area contributed by atoms with Crippen LogP contribution >= 0.6 is 0 Å². The fourth-order valence-electron chi connectivity index (χ4n) is 6.35. The lowest BCUT2D eigenvalue weighted by atomic mass is 9.74. The van der Waals surface area contributed by atoms with E-state index in [0.717, 1.165) is 30.8 Å². The highest BCUT2D eigenvalue weighted by Gasteiger charge is 2.42. The Morgan fingerprint density at radius 1 is 1.03 bits per heavy atom. The lowest BCUT2D eigenvalue weighted by molar-refractivity contribution is 0.0280. The number of rotatable bonds is 5. The first-order valence-electron chi connectivity index (χ1n) is 13.1. The zero-order valence-corrected chi connectivity index (χ0v) is 20.9. The zero-order valence-electron chi connectivity index (χ0n) is 20.9. The minimum atomic E-state index is -0.0656. The maximum absolute atomic E-state index is 12.8. The van der Waals surface area contributed by atoms with E-state index in [4.69, 9.17) is 14.6 Å². The predicted octanol–water partition coefficient (Wildman–Crippen LogP) is 4.58. The summed E-state index contributed by atoms with van der Waals surface area (Å²) in [6.07, 6.45) is 2.27. The van der Waals surface area contributed by atoms with E-state index in [1.165, 1.54) is 22.9 Å². The molecular weight excluding hydrogens is 464 g/mol. The van der Waals surface area contributed by atoms with Gasteiger partial charge in [0.15, 0.2) is 11.5 Å². The maximum Gasteiger partial charge on any atom is 0.251 e. The second-order valence-electron chi connectivity index (χ2n) is 10.5. The number of hydrogen-bond acceptors (Lipinski definition) is 5. The van der Waals surface area contributed by atoms with Crippen LogP contribution < -0.4 is 14.8 Å². The molecule has 4 aliphatic rings. The molecule has 37 heavy (non-hydrogen) atoms. The molecule has 7 nitrogen and oxygen atoms in total. The first-order chi connectivity index (χ1) is 18.1. The van der Waals surface area contributed by atoms with Crippen molar-refractivity contribution in [3.63, 3.8) is 0 Å². The molecule has 3 aromatic carbocycles. The van der Waals surface area contributed by atoms with Crippen molar-refractivity contribution in [2.75, 3.05) is 26.4 Å². The van der Waals surface area contributed by atoms with Gasteiger partial charge in [0.05, 0.1) is 5.69 Å². The molecule has 2 bridgehead atoms. The van der Waals surface area contributed by atoms with E-state index in [0.29, 0.717) is 41.5 Å².